The second kappa shape index (κ2) is 10.3. The van der Waals surface area contributed by atoms with Crippen molar-refractivity contribution in [1.29, 1.82) is 0 Å². The van der Waals surface area contributed by atoms with Gasteiger partial charge in [0.05, 0.1) is 29.8 Å². The molecule has 3 aromatic rings. The summed E-state index contributed by atoms with van der Waals surface area (Å²) in [7, 11) is -3.85. The lowest BCUT2D eigenvalue weighted by atomic mass is 10.1. The van der Waals surface area contributed by atoms with Crippen LogP contribution in [0.1, 0.15) is 49.6 Å². The van der Waals surface area contributed by atoms with Gasteiger partial charge in [0, 0.05) is 18.1 Å². The van der Waals surface area contributed by atoms with Gasteiger partial charge in [0.1, 0.15) is 23.4 Å². The van der Waals surface area contributed by atoms with Crippen molar-refractivity contribution >= 4 is 15.9 Å². The Balaban J connectivity index is 1.26. The number of aromatic nitrogens is 1. The first-order chi connectivity index (χ1) is 18.5. The molecule has 1 aliphatic carbocycles. The highest BCUT2D eigenvalue weighted by Crippen LogP contribution is 2.41. The molecule has 5 rings (SSSR count). The SMILES string of the molecule is Cc1nc(OCCC(C)(C)O)ccc1Oc1cccc2c1CC[C@H]2Oc1ccc(N2C=C(O)NS2(=O)=O)cc1. The number of aryl methyl sites for hydroxylation is 1. The van der Waals surface area contributed by atoms with Crippen molar-refractivity contribution in [2.45, 2.75) is 51.7 Å². The van der Waals surface area contributed by atoms with E-state index in [4.69, 9.17) is 14.2 Å². The Labute approximate surface area is 227 Å². The van der Waals surface area contributed by atoms with E-state index >= 15 is 0 Å². The standard InChI is InChI=1S/C28H31N3O7S/c1-18-23(13-14-27(29-18)36-16-15-28(2,3)33)38-24-6-4-5-21-22(24)11-12-25(21)37-20-9-7-19(8-10-20)31-17-26(32)30-39(31,34)35/h4-10,13-14,17,25,30,32-33H,11-12,15-16H2,1-3H3/t25-/m1/s1. The maximum absolute atomic E-state index is 12.1. The van der Waals surface area contributed by atoms with E-state index in [1.54, 1.807) is 44.2 Å². The van der Waals surface area contributed by atoms with Crippen molar-refractivity contribution in [3.8, 4) is 23.1 Å². The van der Waals surface area contributed by atoms with Crippen molar-refractivity contribution < 1.29 is 32.8 Å². The third kappa shape index (κ3) is 6.04. The number of anilines is 1. The first-order valence-electron chi connectivity index (χ1n) is 12.6. The van der Waals surface area contributed by atoms with Crippen LogP contribution in [-0.4, -0.2) is 35.8 Å². The molecule has 11 heteroatoms. The summed E-state index contributed by atoms with van der Waals surface area (Å²) in [6.07, 6.45) is 2.97. The summed E-state index contributed by atoms with van der Waals surface area (Å²) >= 11 is 0. The summed E-state index contributed by atoms with van der Waals surface area (Å²) < 4.78 is 45.3. The van der Waals surface area contributed by atoms with Gasteiger partial charge in [-0.2, -0.15) is 8.42 Å². The van der Waals surface area contributed by atoms with E-state index in [0.29, 0.717) is 41.8 Å². The van der Waals surface area contributed by atoms with Crippen LogP contribution in [0.3, 0.4) is 0 Å². The summed E-state index contributed by atoms with van der Waals surface area (Å²) in [5.41, 5.74) is 2.37. The highest BCUT2D eigenvalue weighted by Gasteiger charge is 2.30. The lowest BCUT2D eigenvalue weighted by Gasteiger charge is -2.18. The van der Waals surface area contributed by atoms with E-state index < -0.39 is 21.7 Å². The van der Waals surface area contributed by atoms with Gasteiger partial charge < -0.3 is 24.4 Å². The smallest absolute Gasteiger partial charge is 0.330 e. The highest BCUT2D eigenvalue weighted by molar-refractivity contribution is 7.91. The molecule has 0 saturated carbocycles. The third-order valence-corrected chi connectivity index (χ3v) is 7.77. The van der Waals surface area contributed by atoms with Crippen LogP contribution in [0.4, 0.5) is 5.69 Å². The molecule has 2 aliphatic rings. The number of fused-ring (bicyclic) bond motifs is 1. The fraction of sp³-hybridized carbons (Fsp3) is 0.321. The average molecular weight is 554 g/mol. The monoisotopic (exact) mass is 553 g/mol. The minimum Gasteiger partial charge on any atom is -0.493 e. The molecule has 0 unspecified atom stereocenters. The fourth-order valence-electron chi connectivity index (χ4n) is 4.48. The summed E-state index contributed by atoms with van der Waals surface area (Å²) in [6, 6.07) is 16.1. The maximum atomic E-state index is 12.1. The summed E-state index contributed by atoms with van der Waals surface area (Å²) in [6.45, 7) is 5.70. The van der Waals surface area contributed by atoms with Gasteiger partial charge >= 0.3 is 10.2 Å². The molecule has 39 heavy (non-hydrogen) atoms. The summed E-state index contributed by atoms with van der Waals surface area (Å²) in [5, 5.41) is 19.4. The molecule has 2 aromatic carbocycles. The Morgan fingerprint density at radius 2 is 1.87 bits per heavy atom. The quantitative estimate of drug-likeness (QED) is 0.345. The molecule has 0 fully saturated rings. The zero-order chi connectivity index (χ0) is 27.8. The number of aliphatic hydroxyl groups is 2. The predicted octanol–water partition coefficient (Wildman–Crippen LogP) is 4.80. The Kier molecular flexibility index (Phi) is 7.04. The largest absolute Gasteiger partial charge is 0.493 e. The minimum atomic E-state index is -3.85. The molecular weight excluding hydrogens is 522 g/mol. The Bertz CT molecular complexity index is 1500. The average Bonchev–Trinajstić information content (AvgIpc) is 3.39. The van der Waals surface area contributed by atoms with Crippen LogP contribution in [0.5, 0.6) is 23.1 Å². The predicted molar refractivity (Wildman–Crippen MR) is 145 cm³/mol. The topological polar surface area (TPSA) is 130 Å². The molecule has 0 amide bonds. The van der Waals surface area contributed by atoms with Crippen LogP contribution in [-0.2, 0) is 16.6 Å². The zero-order valence-electron chi connectivity index (χ0n) is 21.9. The molecule has 3 N–H and O–H groups in total. The first-order valence-corrected chi connectivity index (χ1v) is 14.0. The van der Waals surface area contributed by atoms with E-state index in [9.17, 15) is 18.6 Å². The number of rotatable bonds is 9. The van der Waals surface area contributed by atoms with E-state index in [1.807, 2.05) is 35.9 Å². The second-order valence-corrected chi connectivity index (χ2v) is 11.7. The maximum Gasteiger partial charge on any atom is 0.330 e. The second-order valence-electron chi connectivity index (χ2n) is 10.1. The van der Waals surface area contributed by atoms with E-state index in [-0.39, 0.29) is 6.10 Å². The number of nitrogens with zero attached hydrogens (tertiary/aromatic N) is 2. The molecule has 2 heterocycles. The number of benzene rings is 2. The number of nitrogens with one attached hydrogen (secondary N) is 1. The third-order valence-electron chi connectivity index (χ3n) is 6.47. The minimum absolute atomic E-state index is 0.179. The van der Waals surface area contributed by atoms with E-state index in [2.05, 4.69) is 4.98 Å². The number of ether oxygens (including phenoxy) is 3. The summed E-state index contributed by atoms with van der Waals surface area (Å²) in [4.78, 5) is 4.49. The van der Waals surface area contributed by atoms with Crippen LogP contribution in [0.25, 0.3) is 0 Å². The molecular formula is C28H31N3O7S. The van der Waals surface area contributed by atoms with Gasteiger partial charge in [-0.15, -0.1) is 0 Å². The van der Waals surface area contributed by atoms with Gasteiger partial charge in [-0.25, -0.2) is 14.0 Å². The normalized spacial score (nSPS) is 17.8. The van der Waals surface area contributed by atoms with Crippen LogP contribution >= 0.6 is 0 Å². The number of pyridine rings is 1. The number of hydrogen-bond acceptors (Lipinski definition) is 8. The Hall–Kier alpha value is -3.96. The molecule has 0 saturated heterocycles. The van der Waals surface area contributed by atoms with Crippen molar-refractivity contribution in [3.05, 3.63) is 83.5 Å². The zero-order valence-corrected chi connectivity index (χ0v) is 22.7. The van der Waals surface area contributed by atoms with Crippen LogP contribution < -0.4 is 23.2 Å². The van der Waals surface area contributed by atoms with E-state index in [1.165, 1.54) is 0 Å². The molecule has 1 aliphatic heterocycles. The van der Waals surface area contributed by atoms with Crippen LogP contribution in [0.2, 0.25) is 0 Å². The van der Waals surface area contributed by atoms with Gasteiger partial charge in [-0.1, -0.05) is 12.1 Å². The summed E-state index contributed by atoms with van der Waals surface area (Å²) in [5.74, 6) is 2.01. The van der Waals surface area contributed by atoms with Gasteiger partial charge in [-0.3, -0.25) is 0 Å². The van der Waals surface area contributed by atoms with Gasteiger partial charge in [0.2, 0.25) is 11.8 Å². The number of hydrogen-bond donors (Lipinski definition) is 3. The van der Waals surface area contributed by atoms with Gasteiger partial charge in [-0.05, 0) is 75.6 Å². The van der Waals surface area contributed by atoms with Crippen molar-refractivity contribution in [1.82, 2.24) is 9.71 Å². The molecule has 1 aromatic heterocycles. The Morgan fingerprint density at radius 3 is 2.54 bits per heavy atom. The number of aliphatic hydroxyl groups excluding tert-OH is 1. The van der Waals surface area contributed by atoms with Crippen LogP contribution in [0.15, 0.2) is 66.7 Å². The van der Waals surface area contributed by atoms with Crippen molar-refractivity contribution in [2.24, 2.45) is 0 Å². The fourth-order valence-corrected chi connectivity index (χ4v) is 5.53. The highest BCUT2D eigenvalue weighted by atomic mass is 32.2. The van der Waals surface area contributed by atoms with Crippen molar-refractivity contribution in [3.63, 3.8) is 0 Å². The lowest BCUT2D eigenvalue weighted by Crippen LogP contribution is -2.29. The molecule has 0 spiro atoms. The Morgan fingerprint density at radius 1 is 1.10 bits per heavy atom. The van der Waals surface area contributed by atoms with E-state index in [0.717, 1.165) is 40.2 Å². The first kappa shape index (κ1) is 26.6. The molecule has 10 nitrogen and oxygen atoms in total. The molecule has 1 atom stereocenters. The molecule has 0 bridgehead atoms. The molecule has 0 radical (unpaired) electrons. The van der Waals surface area contributed by atoms with Gasteiger partial charge in [0.25, 0.3) is 0 Å². The van der Waals surface area contributed by atoms with Crippen LogP contribution in [0, 0.1) is 6.92 Å². The van der Waals surface area contributed by atoms with Crippen molar-refractivity contribution in [2.75, 3.05) is 10.9 Å². The molecule has 206 valence electrons. The lowest BCUT2D eigenvalue weighted by molar-refractivity contribution is 0.0546. The van der Waals surface area contributed by atoms with Gasteiger partial charge in [0.15, 0.2) is 0 Å².